The number of aliphatic hydroxyl groups is 1. The number of fused-ring (bicyclic) bond motifs is 2. The zero-order chi connectivity index (χ0) is 8.82. The van der Waals surface area contributed by atoms with E-state index in [0.29, 0.717) is 0 Å². The van der Waals surface area contributed by atoms with Crippen LogP contribution < -0.4 is 0 Å². The lowest BCUT2D eigenvalue weighted by molar-refractivity contribution is -0.247. The Bertz CT molecular complexity index is 192. The zero-order valence-electron chi connectivity index (χ0n) is 7.97. The molecule has 1 N–H and O–H groups in total. The molecule has 0 aliphatic carbocycles. The van der Waals surface area contributed by atoms with Gasteiger partial charge >= 0.3 is 0 Å². The second-order valence-corrected chi connectivity index (χ2v) is 4.77. The van der Waals surface area contributed by atoms with Gasteiger partial charge in [0.15, 0.2) is 0 Å². The molecule has 0 saturated carbocycles. The van der Waals surface area contributed by atoms with Gasteiger partial charge in [0.25, 0.3) is 0 Å². The van der Waals surface area contributed by atoms with Gasteiger partial charge in [-0.3, -0.25) is 0 Å². The smallest absolute Gasteiger partial charge is 0.0919 e. The van der Waals surface area contributed by atoms with Crippen LogP contribution in [0.15, 0.2) is 0 Å². The molecule has 0 amide bonds. The number of ether oxygens (including phenoxy) is 1. The van der Waals surface area contributed by atoms with Gasteiger partial charge in [-0.25, -0.2) is 0 Å². The third-order valence-corrected chi connectivity index (χ3v) is 3.51. The Morgan fingerprint density at radius 2 is 2.00 bits per heavy atom. The summed E-state index contributed by atoms with van der Waals surface area (Å²) in [5.74, 6) is 0. The molecule has 2 heterocycles. The fourth-order valence-corrected chi connectivity index (χ4v) is 2.64. The standard InChI is InChI=1S/C10H18O2/c1-9-5-3-6-10(2,12-9)8(11)4-7-9/h8,11H,3-7H2,1-2H3. The van der Waals surface area contributed by atoms with E-state index in [0.717, 1.165) is 25.7 Å². The maximum atomic E-state index is 9.77. The Morgan fingerprint density at radius 3 is 2.67 bits per heavy atom. The van der Waals surface area contributed by atoms with Gasteiger partial charge in [0.05, 0.1) is 17.3 Å². The molecule has 0 aromatic heterocycles. The van der Waals surface area contributed by atoms with E-state index in [1.54, 1.807) is 0 Å². The van der Waals surface area contributed by atoms with Crippen molar-refractivity contribution in [1.29, 1.82) is 0 Å². The van der Waals surface area contributed by atoms with Crippen LogP contribution >= 0.6 is 0 Å². The third-order valence-electron chi connectivity index (χ3n) is 3.51. The quantitative estimate of drug-likeness (QED) is 0.601. The van der Waals surface area contributed by atoms with Crippen molar-refractivity contribution >= 4 is 0 Å². The van der Waals surface area contributed by atoms with Crippen molar-refractivity contribution < 1.29 is 9.84 Å². The van der Waals surface area contributed by atoms with Gasteiger partial charge in [0.2, 0.25) is 0 Å². The molecular formula is C10H18O2. The predicted molar refractivity (Wildman–Crippen MR) is 47.0 cm³/mol. The molecule has 0 spiro atoms. The van der Waals surface area contributed by atoms with Crippen molar-refractivity contribution in [2.75, 3.05) is 0 Å². The first-order chi connectivity index (χ1) is 5.54. The summed E-state index contributed by atoms with van der Waals surface area (Å²) in [5.41, 5.74) is -0.183. The molecule has 12 heavy (non-hydrogen) atoms. The SMILES string of the molecule is CC12CCCC(C)(O1)C(O)CC2. The average Bonchev–Trinajstić information content (AvgIpc) is 1.98. The topological polar surface area (TPSA) is 29.5 Å². The van der Waals surface area contributed by atoms with Crippen molar-refractivity contribution in [1.82, 2.24) is 0 Å². The fourth-order valence-electron chi connectivity index (χ4n) is 2.64. The van der Waals surface area contributed by atoms with Crippen LogP contribution in [0.25, 0.3) is 0 Å². The Labute approximate surface area is 73.9 Å². The molecule has 2 saturated heterocycles. The first kappa shape index (κ1) is 8.52. The summed E-state index contributed by atoms with van der Waals surface area (Å²) in [7, 11) is 0. The molecule has 0 radical (unpaired) electrons. The summed E-state index contributed by atoms with van der Waals surface area (Å²) in [6, 6.07) is 0. The predicted octanol–water partition coefficient (Wildman–Crippen LogP) is 1.86. The van der Waals surface area contributed by atoms with Gasteiger partial charge in [0.1, 0.15) is 0 Å². The molecule has 2 aliphatic rings. The van der Waals surface area contributed by atoms with Crippen molar-refractivity contribution in [3.05, 3.63) is 0 Å². The lowest BCUT2D eigenvalue weighted by atomic mass is 9.75. The third kappa shape index (κ3) is 1.17. The Kier molecular flexibility index (Phi) is 1.74. The summed E-state index contributed by atoms with van der Waals surface area (Å²) in [5, 5.41) is 9.77. The Balaban J connectivity index is 2.20. The minimum Gasteiger partial charge on any atom is -0.390 e. The summed E-state index contributed by atoms with van der Waals surface area (Å²) in [6.07, 6.45) is 5.06. The highest BCUT2D eigenvalue weighted by Crippen LogP contribution is 2.45. The highest BCUT2D eigenvalue weighted by molar-refractivity contribution is 4.98. The molecule has 2 nitrogen and oxygen atoms in total. The molecule has 3 unspecified atom stereocenters. The first-order valence-electron chi connectivity index (χ1n) is 4.92. The lowest BCUT2D eigenvalue weighted by Crippen LogP contribution is -2.56. The minimum absolute atomic E-state index is 0.0617. The number of hydrogen-bond acceptors (Lipinski definition) is 2. The van der Waals surface area contributed by atoms with Crippen LogP contribution in [0.5, 0.6) is 0 Å². The molecule has 2 heteroatoms. The van der Waals surface area contributed by atoms with E-state index < -0.39 is 0 Å². The van der Waals surface area contributed by atoms with Gasteiger partial charge in [-0.05, 0) is 46.0 Å². The molecular weight excluding hydrogens is 152 g/mol. The maximum absolute atomic E-state index is 9.77. The van der Waals surface area contributed by atoms with E-state index in [4.69, 9.17) is 4.74 Å². The van der Waals surface area contributed by atoms with Crippen molar-refractivity contribution in [2.24, 2.45) is 0 Å². The van der Waals surface area contributed by atoms with Crippen LogP contribution in [0.4, 0.5) is 0 Å². The molecule has 2 aliphatic heterocycles. The maximum Gasteiger partial charge on any atom is 0.0919 e. The van der Waals surface area contributed by atoms with Crippen molar-refractivity contribution in [3.8, 4) is 0 Å². The first-order valence-corrected chi connectivity index (χ1v) is 4.92. The van der Waals surface area contributed by atoms with Crippen LogP contribution in [0.1, 0.15) is 46.0 Å². The van der Waals surface area contributed by atoms with Crippen LogP contribution in [-0.2, 0) is 4.74 Å². The average molecular weight is 170 g/mol. The molecule has 0 aromatic carbocycles. The van der Waals surface area contributed by atoms with Crippen LogP contribution in [-0.4, -0.2) is 22.4 Å². The van der Waals surface area contributed by atoms with E-state index >= 15 is 0 Å². The molecule has 70 valence electrons. The molecule has 2 rings (SSSR count). The second kappa shape index (κ2) is 2.46. The van der Waals surface area contributed by atoms with Gasteiger partial charge in [0, 0.05) is 0 Å². The fraction of sp³-hybridized carbons (Fsp3) is 1.00. The number of rotatable bonds is 0. The Morgan fingerprint density at radius 1 is 1.25 bits per heavy atom. The number of aliphatic hydroxyl groups excluding tert-OH is 1. The van der Waals surface area contributed by atoms with Gasteiger partial charge < -0.3 is 9.84 Å². The highest BCUT2D eigenvalue weighted by atomic mass is 16.5. The van der Waals surface area contributed by atoms with Gasteiger partial charge in [-0.1, -0.05) is 0 Å². The normalized spacial score (nSPS) is 53.8. The Hall–Kier alpha value is -0.0800. The molecule has 3 atom stereocenters. The molecule has 2 fully saturated rings. The van der Waals surface area contributed by atoms with Crippen LogP contribution in [0.2, 0.25) is 0 Å². The summed E-state index contributed by atoms with van der Waals surface area (Å²) in [6.45, 7) is 4.23. The van der Waals surface area contributed by atoms with Crippen molar-refractivity contribution in [3.63, 3.8) is 0 Å². The number of hydrogen-bond donors (Lipinski definition) is 1. The summed E-state index contributed by atoms with van der Waals surface area (Å²) >= 11 is 0. The lowest BCUT2D eigenvalue weighted by Gasteiger charge is -2.52. The second-order valence-electron chi connectivity index (χ2n) is 4.77. The van der Waals surface area contributed by atoms with Gasteiger partial charge in [-0.15, -0.1) is 0 Å². The summed E-state index contributed by atoms with van der Waals surface area (Å²) in [4.78, 5) is 0. The van der Waals surface area contributed by atoms with E-state index in [9.17, 15) is 5.11 Å². The summed E-state index contributed by atoms with van der Waals surface area (Å²) < 4.78 is 5.96. The van der Waals surface area contributed by atoms with E-state index in [2.05, 4.69) is 6.92 Å². The largest absolute Gasteiger partial charge is 0.390 e. The highest BCUT2D eigenvalue weighted by Gasteiger charge is 2.48. The van der Waals surface area contributed by atoms with Gasteiger partial charge in [-0.2, -0.15) is 0 Å². The minimum atomic E-state index is -0.245. The molecule has 0 aromatic rings. The van der Waals surface area contributed by atoms with Crippen LogP contribution in [0.3, 0.4) is 0 Å². The van der Waals surface area contributed by atoms with E-state index in [1.165, 1.54) is 6.42 Å². The van der Waals surface area contributed by atoms with E-state index in [-0.39, 0.29) is 17.3 Å². The molecule has 2 bridgehead atoms. The zero-order valence-corrected chi connectivity index (χ0v) is 7.97. The van der Waals surface area contributed by atoms with E-state index in [1.807, 2.05) is 6.92 Å². The van der Waals surface area contributed by atoms with Crippen LogP contribution in [0, 0.1) is 0 Å². The monoisotopic (exact) mass is 170 g/mol. The van der Waals surface area contributed by atoms with Crippen molar-refractivity contribution in [2.45, 2.75) is 63.3 Å².